The first-order valence-corrected chi connectivity index (χ1v) is 5.43. The maximum atomic E-state index is 11.3. The van der Waals surface area contributed by atoms with E-state index in [9.17, 15) is 4.79 Å². The third-order valence-electron chi connectivity index (χ3n) is 2.11. The Morgan fingerprint density at radius 3 is 2.62 bits per heavy atom. The molecule has 0 saturated carbocycles. The van der Waals surface area contributed by atoms with Crippen LogP contribution in [0.25, 0.3) is 0 Å². The summed E-state index contributed by atoms with van der Waals surface area (Å²) in [7, 11) is 0. The van der Waals surface area contributed by atoms with Gasteiger partial charge in [0.15, 0.2) is 0 Å². The van der Waals surface area contributed by atoms with Gasteiger partial charge in [-0.1, -0.05) is 12.1 Å². The van der Waals surface area contributed by atoms with Crippen LogP contribution in [0.3, 0.4) is 0 Å². The Morgan fingerprint density at radius 2 is 2.06 bits per heavy atom. The number of nitrogens with one attached hydrogen (secondary N) is 1. The lowest BCUT2D eigenvalue weighted by molar-refractivity contribution is -0.120. The van der Waals surface area contributed by atoms with Crippen LogP contribution in [0.15, 0.2) is 24.3 Å². The number of hydrogen-bond donors (Lipinski definition) is 2. The molecule has 1 rings (SSSR count). The fourth-order valence-electron chi connectivity index (χ4n) is 1.31. The number of ether oxygens (including phenoxy) is 1. The molecule has 88 valence electrons. The monoisotopic (exact) mass is 222 g/mol. The summed E-state index contributed by atoms with van der Waals surface area (Å²) in [4.78, 5) is 11.3. The number of carbonyl (C=O) groups excluding carboxylic acids is 1. The van der Waals surface area contributed by atoms with Crippen LogP contribution >= 0.6 is 0 Å². The average Bonchev–Trinajstić information content (AvgIpc) is 2.29. The molecule has 4 heteroatoms. The topological polar surface area (TPSA) is 64.3 Å². The van der Waals surface area contributed by atoms with E-state index in [0.717, 1.165) is 12.1 Å². The zero-order chi connectivity index (χ0) is 11.8. The first kappa shape index (κ1) is 12.7. The number of carbonyl (C=O) groups is 1. The summed E-state index contributed by atoms with van der Waals surface area (Å²) in [6, 6.07) is 7.66. The number of anilines is 1. The lowest BCUT2D eigenvalue weighted by Gasteiger charge is -2.06. The van der Waals surface area contributed by atoms with Crippen LogP contribution in [0, 0.1) is 0 Å². The number of amides is 1. The third-order valence-corrected chi connectivity index (χ3v) is 2.11. The first-order valence-electron chi connectivity index (χ1n) is 5.43. The highest BCUT2D eigenvalue weighted by Crippen LogP contribution is 2.09. The summed E-state index contributed by atoms with van der Waals surface area (Å²) >= 11 is 0. The molecule has 1 aromatic carbocycles. The maximum Gasteiger partial charge on any atom is 0.250 e. The van der Waals surface area contributed by atoms with Crippen molar-refractivity contribution >= 4 is 11.6 Å². The van der Waals surface area contributed by atoms with Crippen LogP contribution < -0.4 is 11.1 Å². The van der Waals surface area contributed by atoms with Gasteiger partial charge in [0.25, 0.3) is 0 Å². The van der Waals surface area contributed by atoms with Gasteiger partial charge in [-0.25, -0.2) is 0 Å². The molecule has 0 saturated heterocycles. The summed E-state index contributed by atoms with van der Waals surface area (Å²) in [6.45, 7) is 3.13. The third kappa shape index (κ3) is 4.42. The highest BCUT2D eigenvalue weighted by Gasteiger charge is 2.01. The van der Waals surface area contributed by atoms with Crippen LogP contribution in [0.1, 0.15) is 12.5 Å². The largest absolute Gasteiger partial charge is 0.372 e. The Labute approximate surface area is 95.8 Å². The van der Waals surface area contributed by atoms with Crippen molar-refractivity contribution in [2.24, 2.45) is 5.73 Å². The fourth-order valence-corrected chi connectivity index (χ4v) is 1.31. The van der Waals surface area contributed by atoms with Gasteiger partial charge in [-0.3, -0.25) is 4.79 Å². The minimum absolute atomic E-state index is 0.0983. The van der Waals surface area contributed by atoms with Gasteiger partial charge in [-0.15, -0.1) is 0 Å². The summed E-state index contributed by atoms with van der Waals surface area (Å²) < 4.78 is 5.00. The Hall–Kier alpha value is -1.39. The van der Waals surface area contributed by atoms with E-state index in [2.05, 4.69) is 5.32 Å². The van der Waals surface area contributed by atoms with Crippen molar-refractivity contribution in [3.8, 4) is 0 Å². The van der Waals surface area contributed by atoms with Crippen molar-refractivity contribution < 1.29 is 9.53 Å². The zero-order valence-electron chi connectivity index (χ0n) is 9.53. The van der Waals surface area contributed by atoms with E-state index >= 15 is 0 Å². The molecule has 0 unspecified atom stereocenters. The van der Waals surface area contributed by atoms with Gasteiger partial charge in [0.1, 0.15) is 6.61 Å². The molecule has 0 atom stereocenters. The van der Waals surface area contributed by atoms with Crippen LogP contribution in [0.2, 0.25) is 0 Å². The average molecular weight is 222 g/mol. The van der Waals surface area contributed by atoms with Crippen LogP contribution in [-0.4, -0.2) is 25.7 Å². The predicted octanol–water partition coefficient (Wildman–Crippen LogP) is 1.16. The molecule has 0 heterocycles. The number of nitrogens with two attached hydrogens (primary N) is 1. The highest BCUT2D eigenvalue weighted by atomic mass is 16.5. The molecule has 16 heavy (non-hydrogen) atoms. The standard InChI is InChI=1S/C12H18N2O2/c1-2-16-9-12(15)14-11-5-3-10(4-6-11)7-8-13/h3-6H,2,7-9,13H2,1H3,(H,14,15). The Bertz CT molecular complexity index is 322. The smallest absolute Gasteiger partial charge is 0.250 e. The molecule has 0 aromatic heterocycles. The van der Waals surface area contributed by atoms with Crippen molar-refractivity contribution in [1.29, 1.82) is 0 Å². The van der Waals surface area contributed by atoms with Crippen molar-refractivity contribution in [2.45, 2.75) is 13.3 Å². The molecule has 1 amide bonds. The minimum atomic E-state index is -0.131. The number of hydrogen-bond acceptors (Lipinski definition) is 3. The fraction of sp³-hybridized carbons (Fsp3) is 0.417. The second kappa shape index (κ2) is 6.98. The van der Waals surface area contributed by atoms with E-state index in [1.807, 2.05) is 31.2 Å². The van der Waals surface area contributed by atoms with E-state index in [1.165, 1.54) is 5.56 Å². The summed E-state index contributed by atoms with van der Waals surface area (Å²) in [5.41, 5.74) is 7.40. The van der Waals surface area contributed by atoms with Crippen molar-refractivity contribution in [3.63, 3.8) is 0 Å². The van der Waals surface area contributed by atoms with Crippen LogP contribution in [0.5, 0.6) is 0 Å². The van der Waals surface area contributed by atoms with Gasteiger partial charge in [0.05, 0.1) is 0 Å². The minimum Gasteiger partial charge on any atom is -0.372 e. The van der Waals surface area contributed by atoms with Crippen molar-refractivity contribution in [2.75, 3.05) is 25.1 Å². The number of benzene rings is 1. The summed E-state index contributed by atoms with van der Waals surface area (Å²) in [6.07, 6.45) is 0.854. The van der Waals surface area contributed by atoms with Crippen LogP contribution in [-0.2, 0) is 16.0 Å². The molecule has 3 N–H and O–H groups in total. The Balaban J connectivity index is 2.45. The summed E-state index contributed by atoms with van der Waals surface area (Å²) in [5, 5.41) is 2.75. The quantitative estimate of drug-likeness (QED) is 0.759. The van der Waals surface area contributed by atoms with E-state index in [4.69, 9.17) is 10.5 Å². The van der Waals surface area contributed by atoms with Gasteiger partial charge < -0.3 is 15.8 Å². The lowest BCUT2D eigenvalue weighted by Crippen LogP contribution is -2.18. The molecular weight excluding hydrogens is 204 g/mol. The molecule has 4 nitrogen and oxygen atoms in total. The van der Waals surface area contributed by atoms with Crippen molar-refractivity contribution in [3.05, 3.63) is 29.8 Å². The zero-order valence-corrected chi connectivity index (χ0v) is 9.53. The molecule has 0 aliphatic heterocycles. The van der Waals surface area contributed by atoms with Gasteiger partial charge in [-0.05, 0) is 37.6 Å². The van der Waals surface area contributed by atoms with E-state index in [1.54, 1.807) is 0 Å². The molecule has 1 aromatic rings. The Kier molecular flexibility index (Phi) is 5.53. The van der Waals surface area contributed by atoms with Gasteiger partial charge in [-0.2, -0.15) is 0 Å². The second-order valence-electron chi connectivity index (χ2n) is 3.42. The van der Waals surface area contributed by atoms with E-state index < -0.39 is 0 Å². The molecule has 0 radical (unpaired) electrons. The maximum absolute atomic E-state index is 11.3. The van der Waals surface area contributed by atoms with Gasteiger partial charge in [0.2, 0.25) is 5.91 Å². The van der Waals surface area contributed by atoms with Crippen molar-refractivity contribution in [1.82, 2.24) is 0 Å². The van der Waals surface area contributed by atoms with Gasteiger partial charge in [0, 0.05) is 12.3 Å². The van der Waals surface area contributed by atoms with Gasteiger partial charge >= 0.3 is 0 Å². The lowest BCUT2D eigenvalue weighted by atomic mass is 10.1. The van der Waals surface area contributed by atoms with Crippen LogP contribution in [0.4, 0.5) is 5.69 Å². The second-order valence-corrected chi connectivity index (χ2v) is 3.42. The molecule has 0 aliphatic carbocycles. The molecule has 0 spiro atoms. The summed E-state index contributed by atoms with van der Waals surface area (Å²) in [5.74, 6) is -0.131. The molecular formula is C12H18N2O2. The highest BCUT2D eigenvalue weighted by molar-refractivity contribution is 5.91. The first-order chi connectivity index (χ1) is 7.76. The Morgan fingerprint density at radius 1 is 1.38 bits per heavy atom. The SMILES string of the molecule is CCOCC(=O)Nc1ccc(CCN)cc1. The molecule has 0 bridgehead atoms. The predicted molar refractivity (Wildman–Crippen MR) is 64.3 cm³/mol. The van der Waals surface area contributed by atoms with E-state index in [-0.39, 0.29) is 12.5 Å². The normalized spacial score (nSPS) is 10.1. The van der Waals surface area contributed by atoms with E-state index in [0.29, 0.717) is 13.2 Å². The molecule has 0 fully saturated rings. The molecule has 0 aliphatic rings. The number of rotatable bonds is 6.